The van der Waals surface area contributed by atoms with Crippen LogP contribution in [0.3, 0.4) is 0 Å². The average Bonchev–Trinajstić information content (AvgIpc) is 3.47. The zero-order valence-electron chi connectivity index (χ0n) is 18.7. The zero-order chi connectivity index (χ0) is 23.4. The molecule has 1 aliphatic heterocycles. The molecule has 3 aromatic rings. The molecule has 1 aliphatic rings. The fourth-order valence-electron chi connectivity index (χ4n) is 3.89. The molecule has 0 radical (unpaired) electrons. The highest BCUT2D eigenvalue weighted by molar-refractivity contribution is 7.89. The van der Waals surface area contributed by atoms with Crippen molar-refractivity contribution in [2.24, 2.45) is 5.92 Å². The van der Waals surface area contributed by atoms with E-state index in [1.54, 1.807) is 30.4 Å². The summed E-state index contributed by atoms with van der Waals surface area (Å²) in [5.41, 5.74) is 2.48. The Bertz CT molecular complexity index is 1230. The molecule has 1 saturated heterocycles. The highest BCUT2D eigenvalue weighted by Crippen LogP contribution is 2.29. The standard InChI is InChI=1S/C24H27N3O4S2/c1-17-7-9-19(10-8-17)15-25-24(28)20-5-3-13-27(16-20)33(29,30)23-18(2)26-31-22(23)12-11-21-6-4-14-32-21/h4,6-12,14,20H,3,5,13,15-16H2,1-2H3,(H,25,28)/b12-11+/t20-/m1/s1. The first-order valence-corrected chi connectivity index (χ1v) is 13.2. The molecule has 1 aromatic carbocycles. The molecule has 7 nitrogen and oxygen atoms in total. The van der Waals surface area contributed by atoms with E-state index in [4.69, 9.17) is 4.52 Å². The largest absolute Gasteiger partial charge is 0.355 e. The summed E-state index contributed by atoms with van der Waals surface area (Å²) >= 11 is 1.54. The van der Waals surface area contributed by atoms with Crippen LogP contribution in [0.4, 0.5) is 0 Å². The van der Waals surface area contributed by atoms with Crippen LogP contribution in [0.2, 0.25) is 0 Å². The molecule has 0 spiro atoms. The zero-order valence-corrected chi connectivity index (χ0v) is 20.3. The van der Waals surface area contributed by atoms with Gasteiger partial charge in [-0.15, -0.1) is 11.3 Å². The maximum atomic E-state index is 13.5. The van der Waals surface area contributed by atoms with Crippen molar-refractivity contribution < 1.29 is 17.7 Å². The number of hydrogen-bond donors (Lipinski definition) is 1. The Morgan fingerprint density at radius 3 is 2.76 bits per heavy atom. The number of carbonyl (C=O) groups excluding carboxylic acids is 1. The molecule has 2 aromatic heterocycles. The number of aromatic nitrogens is 1. The Morgan fingerprint density at radius 2 is 2.03 bits per heavy atom. The van der Waals surface area contributed by atoms with Gasteiger partial charge in [0.1, 0.15) is 5.69 Å². The highest BCUT2D eigenvalue weighted by Gasteiger charge is 2.36. The number of rotatable bonds is 7. The molecular weight excluding hydrogens is 458 g/mol. The molecule has 1 amide bonds. The van der Waals surface area contributed by atoms with Crippen molar-refractivity contribution in [1.29, 1.82) is 0 Å². The van der Waals surface area contributed by atoms with Gasteiger partial charge in [0.05, 0.1) is 5.92 Å². The van der Waals surface area contributed by atoms with Gasteiger partial charge in [0, 0.05) is 24.5 Å². The van der Waals surface area contributed by atoms with Gasteiger partial charge in [0.25, 0.3) is 0 Å². The summed E-state index contributed by atoms with van der Waals surface area (Å²) in [6.45, 7) is 4.56. The van der Waals surface area contributed by atoms with Crippen LogP contribution in [-0.2, 0) is 21.4 Å². The summed E-state index contributed by atoms with van der Waals surface area (Å²) in [6, 6.07) is 11.8. The lowest BCUT2D eigenvalue weighted by Crippen LogP contribution is -2.45. The van der Waals surface area contributed by atoms with Gasteiger partial charge in [-0.05, 0) is 55.9 Å². The van der Waals surface area contributed by atoms with E-state index in [9.17, 15) is 13.2 Å². The van der Waals surface area contributed by atoms with Gasteiger partial charge in [0.2, 0.25) is 15.9 Å². The number of aryl methyl sites for hydroxylation is 2. The van der Waals surface area contributed by atoms with E-state index in [1.165, 1.54) is 4.31 Å². The van der Waals surface area contributed by atoms with E-state index in [2.05, 4.69) is 10.5 Å². The number of piperidine rings is 1. The molecule has 0 bridgehead atoms. The number of nitrogens with zero attached hydrogens (tertiary/aromatic N) is 2. The Hall–Kier alpha value is -2.75. The molecule has 3 heterocycles. The van der Waals surface area contributed by atoms with Crippen molar-refractivity contribution in [1.82, 2.24) is 14.8 Å². The molecule has 9 heteroatoms. The molecule has 0 aliphatic carbocycles. The van der Waals surface area contributed by atoms with Crippen LogP contribution >= 0.6 is 11.3 Å². The second kappa shape index (κ2) is 10.0. The minimum atomic E-state index is -3.86. The third-order valence-electron chi connectivity index (χ3n) is 5.72. The minimum Gasteiger partial charge on any atom is -0.355 e. The first-order chi connectivity index (χ1) is 15.8. The topological polar surface area (TPSA) is 92.5 Å². The maximum absolute atomic E-state index is 13.5. The van der Waals surface area contributed by atoms with Crippen LogP contribution in [0.15, 0.2) is 51.2 Å². The Kier molecular flexibility index (Phi) is 7.11. The van der Waals surface area contributed by atoms with Crippen molar-refractivity contribution in [3.8, 4) is 0 Å². The summed E-state index contributed by atoms with van der Waals surface area (Å²) < 4.78 is 33.7. The number of carbonyl (C=O) groups is 1. The number of hydrogen-bond acceptors (Lipinski definition) is 6. The van der Waals surface area contributed by atoms with Crippen LogP contribution in [0, 0.1) is 19.8 Å². The number of amides is 1. The fourth-order valence-corrected chi connectivity index (χ4v) is 6.28. The predicted octanol–water partition coefficient (Wildman–Crippen LogP) is 4.24. The quantitative estimate of drug-likeness (QED) is 0.540. The van der Waals surface area contributed by atoms with E-state index in [0.29, 0.717) is 31.6 Å². The van der Waals surface area contributed by atoms with Crippen molar-refractivity contribution >= 4 is 39.4 Å². The number of sulfonamides is 1. The molecule has 0 unspecified atom stereocenters. The lowest BCUT2D eigenvalue weighted by Gasteiger charge is -2.31. The highest BCUT2D eigenvalue weighted by atomic mass is 32.2. The van der Waals surface area contributed by atoms with Crippen LogP contribution in [-0.4, -0.2) is 36.9 Å². The van der Waals surface area contributed by atoms with Gasteiger partial charge < -0.3 is 9.84 Å². The first kappa shape index (κ1) is 23.4. The van der Waals surface area contributed by atoms with Crippen molar-refractivity contribution in [3.05, 3.63) is 69.2 Å². The van der Waals surface area contributed by atoms with Crippen molar-refractivity contribution in [2.75, 3.05) is 13.1 Å². The molecule has 1 fully saturated rings. The summed E-state index contributed by atoms with van der Waals surface area (Å²) in [6.07, 6.45) is 4.71. The van der Waals surface area contributed by atoms with E-state index in [0.717, 1.165) is 16.0 Å². The lowest BCUT2D eigenvalue weighted by atomic mass is 9.98. The lowest BCUT2D eigenvalue weighted by molar-refractivity contribution is -0.126. The molecule has 1 N–H and O–H groups in total. The fraction of sp³-hybridized carbons (Fsp3) is 0.333. The molecule has 33 heavy (non-hydrogen) atoms. The molecule has 174 valence electrons. The number of nitrogens with one attached hydrogen (secondary N) is 1. The number of thiophene rings is 1. The van der Waals surface area contributed by atoms with Crippen molar-refractivity contribution in [2.45, 2.75) is 38.1 Å². The monoisotopic (exact) mass is 485 g/mol. The summed E-state index contributed by atoms with van der Waals surface area (Å²) in [5, 5.41) is 8.79. The van der Waals surface area contributed by atoms with Gasteiger partial charge in [0.15, 0.2) is 10.7 Å². The predicted molar refractivity (Wildman–Crippen MR) is 129 cm³/mol. The van der Waals surface area contributed by atoms with Gasteiger partial charge in [-0.3, -0.25) is 4.79 Å². The minimum absolute atomic E-state index is 0.0658. The van der Waals surface area contributed by atoms with Crippen LogP contribution in [0.25, 0.3) is 12.2 Å². The van der Waals surface area contributed by atoms with E-state index < -0.39 is 15.9 Å². The van der Waals surface area contributed by atoms with Gasteiger partial charge in [-0.1, -0.05) is 41.1 Å². The summed E-state index contributed by atoms with van der Waals surface area (Å²) in [7, 11) is -3.86. The third kappa shape index (κ3) is 5.43. The molecule has 1 atom stereocenters. The molecular formula is C24H27N3O4S2. The normalized spacial score (nSPS) is 17.5. The first-order valence-electron chi connectivity index (χ1n) is 10.9. The smallest absolute Gasteiger partial charge is 0.248 e. The van der Waals surface area contributed by atoms with Crippen LogP contribution in [0.5, 0.6) is 0 Å². The second-order valence-electron chi connectivity index (χ2n) is 8.22. The Labute approximate surface area is 198 Å². The maximum Gasteiger partial charge on any atom is 0.248 e. The summed E-state index contributed by atoms with van der Waals surface area (Å²) in [5.74, 6) is -0.327. The third-order valence-corrected chi connectivity index (χ3v) is 8.58. The molecule has 4 rings (SSSR count). The average molecular weight is 486 g/mol. The van der Waals surface area contributed by atoms with E-state index in [1.807, 2.05) is 48.7 Å². The second-order valence-corrected chi connectivity index (χ2v) is 11.1. The van der Waals surface area contributed by atoms with Crippen molar-refractivity contribution in [3.63, 3.8) is 0 Å². The van der Waals surface area contributed by atoms with E-state index in [-0.39, 0.29) is 23.1 Å². The van der Waals surface area contributed by atoms with Gasteiger partial charge in [-0.25, -0.2) is 8.42 Å². The van der Waals surface area contributed by atoms with Crippen LogP contribution in [0.1, 0.15) is 40.3 Å². The van der Waals surface area contributed by atoms with Gasteiger partial charge in [-0.2, -0.15) is 4.31 Å². The van der Waals surface area contributed by atoms with E-state index >= 15 is 0 Å². The summed E-state index contributed by atoms with van der Waals surface area (Å²) in [4.78, 5) is 13.8. The Balaban J connectivity index is 1.46. The molecule has 0 saturated carbocycles. The number of benzene rings is 1. The van der Waals surface area contributed by atoms with Gasteiger partial charge >= 0.3 is 0 Å². The SMILES string of the molecule is Cc1ccc(CNC(=O)[C@@H]2CCCN(S(=O)(=O)c3c(C)noc3/C=C/c3cccs3)C2)cc1. The Morgan fingerprint density at radius 1 is 1.24 bits per heavy atom. The van der Waals surface area contributed by atoms with Crippen LogP contribution < -0.4 is 5.32 Å².